The number of anilines is 1. The van der Waals surface area contributed by atoms with Gasteiger partial charge in [-0.3, -0.25) is 25.1 Å². The molecule has 35 heavy (non-hydrogen) atoms. The van der Waals surface area contributed by atoms with E-state index in [1.165, 1.54) is 12.1 Å². The van der Waals surface area contributed by atoms with Crippen LogP contribution < -0.4 is 4.90 Å². The molecule has 1 aromatic heterocycles. The number of non-ortho nitro benzene ring substituents is 1. The van der Waals surface area contributed by atoms with Gasteiger partial charge in [-0.1, -0.05) is 36.4 Å². The highest BCUT2D eigenvalue weighted by atomic mass is 16.6. The second-order valence-corrected chi connectivity index (χ2v) is 8.77. The molecule has 0 radical (unpaired) electrons. The fourth-order valence-electron chi connectivity index (χ4n) is 4.98. The lowest BCUT2D eigenvalue weighted by molar-refractivity contribution is -0.393. The van der Waals surface area contributed by atoms with Gasteiger partial charge in [0.05, 0.1) is 28.6 Å². The number of hydrogen-bond donors (Lipinski definition) is 1. The molecule has 1 fully saturated rings. The number of rotatable bonds is 7. The second kappa shape index (κ2) is 9.32. The first-order valence-electron chi connectivity index (χ1n) is 11.5. The first kappa shape index (κ1) is 22.8. The molecular formula is C25H25N5O5. The molecule has 1 aliphatic heterocycles. The summed E-state index contributed by atoms with van der Waals surface area (Å²) >= 11 is 0. The molecule has 0 aliphatic carbocycles. The van der Waals surface area contributed by atoms with Crippen LogP contribution in [0.15, 0.2) is 66.7 Å². The highest BCUT2D eigenvalue weighted by molar-refractivity contribution is 6.07. The van der Waals surface area contributed by atoms with Crippen LogP contribution >= 0.6 is 0 Å². The van der Waals surface area contributed by atoms with E-state index in [0.29, 0.717) is 45.0 Å². The number of nitro benzene ring substituents is 2. The van der Waals surface area contributed by atoms with E-state index in [-0.39, 0.29) is 11.4 Å². The van der Waals surface area contributed by atoms with Crippen molar-refractivity contribution < 1.29 is 15.0 Å². The molecule has 3 aromatic carbocycles. The van der Waals surface area contributed by atoms with Crippen molar-refractivity contribution in [1.82, 2.24) is 9.47 Å². The molecule has 1 saturated heterocycles. The molecule has 10 nitrogen and oxygen atoms in total. The van der Waals surface area contributed by atoms with Crippen molar-refractivity contribution >= 4 is 38.9 Å². The lowest BCUT2D eigenvalue weighted by Crippen LogP contribution is -2.49. The van der Waals surface area contributed by atoms with Crippen LogP contribution in [-0.4, -0.2) is 63.2 Å². The summed E-state index contributed by atoms with van der Waals surface area (Å²) in [6.07, 6.45) is -0.588. The van der Waals surface area contributed by atoms with Gasteiger partial charge in [-0.2, -0.15) is 0 Å². The number of fused-ring (bicyclic) bond motifs is 3. The summed E-state index contributed by atoms with van der Waals surface area (Å²) in [6.45, 7) is 3.25. The maximum atomic E-state index is 11.5. The van der Waals surface area contributed by atoms with Crippen molar-refractivity contribution in [2.24, 2.45) is 0 Å². The highest BCUT2D eigenvalue weighted by Crippen LogP contribution is 2.33. The summed E-state index contributed by atoms with van der Waals surface area (Å²) in [4.78, 5) is 25.3. The van der Waals surface area contributed by atoms with E-state index in [4.69, 9.17) is 0 Å². The second-order valence-electron chi connectivity index (χ2n) is 8.77. The predicted molar refractivity (Wildman–Crippen MR) is 134 cm³/mol. The molecule has 5 rings (SSSR count). The first-order valence-corrected chi connectivity index (χ1v) is 11.5. The highest BCUT2D eigenvalue weighted by Gasteiger charge is 2.27. The van der Waals surface area contributed by atoms with Crippen LogP contribution in [0.1, 0.15) is 0 Å². The summed E-state index contributed by atoms with van der Waals surface area (Å²) in [6, 6.07) is 20.1. The minimum absolute atomic E-state index is 0.265. The first-order chi connectivity index (χ1) is 16.9. The Labute approximate surface area is 200 Å². The van der Waals surface area contributed by atoms with Crippen molar-refractivity contribution in [1.29, 1.82) is 0 Å². The Morgan fingerprint density at radius 3 is 1.97 bits per heavy atom. The quantitative estimate of drug-likeness (QED) is 0.319. The van der Waals surface area contributed by atoms with Gasteiger partial charge < -0.3 is 14.6 Å². The minimum atomic E-state index is -0.632. The van der Waals surface area contributed by atoms with E-state index in [9.17, 15) is 25.3 Å². The molecular weight excluding hydrogens is 450 g/mol. The third-order valence-corrected chi connectivity index (χ3v) is 6.62. The number of aliphatic hydroxyl groups is 1. The van der Waals surface area contributed by atoms with Crippen LogP contribution in [0.25, 0.3) is 21.8 Å². The summed E-state index contributed by atoms with van der Waals surface area (Å²) in [5.41, 5.74) is 1.99. The fourth-order valence-corrected chi connectivity index (χ4v) is 4.98. The molecule has 0 unspecified atom stereocenters. The van der Waals surface area contributed by atoms with Crippen molar-refractivity contribution in [3.05, 3.63) is 87.0 Å². The summed E-state index contributed by atoms with van der Waals surface area (Å²) in [5, 5.41) is 35.8. The van der Waals surface area contributed by atoms with E-state index in [2.05, 4.69) is 33.7 Å². The number of β-amino-alcohol motifs (C(OH)–C–C–N with tert-alkyl or cyclic N) is 1. The zero-order valence-corrected chi connectivity index (χ0v) is 19.0. The van der Waals surface area contributed by atoms with Gasteiger partial charge in [-0.05, 0) is 18.2 Å². The summed E-state index contributed by atoms with van der Waals surface area (Å²) < 4.78 is 2.16. The van der Waals surface area contributed by atoms with Crippen LogP contribution in [0.4, 0.5) is 17.1 Å². The van der Waals surface area contributed by atoms with Gasteiger partial charge in [-0.15, -0.1) is 0 Å². The largest absolute Gasteiger partial charge is 0.390 e. The molecule has 2 heterocycles. The van der Waals surface area contributed by atoms with Crippen molar-refractivity contribution in [2.75, 3.05) is 37.6 Å². The minimum Gasteiger partial charge on any atom is -0.390 e. The Morgan fingerprint density at radius 1 is 0.800 bits per heavy atom. The Bertz CT molecular complexity index is 1360. The van der Waals surface area contributed by atoms with Crippen molar-refractivity contribution in [3.63, 3.8) is 0 Å². The van der Waals surface area contributed by atoms with Gasteiger partial charge >= 0.3 is 0 Å². The molecule has 4 aromatic rings. The molecule has 0 spiro atoms. The van der Waals surface area contributed by atoms with Gasteiger partial charge in [0.15, 0.2) is 0 Å². The fraction of sp³-hybridized carbons (Fsp3) is 0.280. The predicted octanol–water partition coefficient (Wildman–Crippen LogP) is 3.79. The Hall–Kier alpha value is -4.02. The zero-order chi connectivity index (χ0) is 24.5. The number of piperazine rings is 1. The van der Waals surface area contributed by atoms with Crippen LogP contribution in [0, 0.1) is 20.2 Å². The van der Waals surface area contributed by atoms with Gasteiger partial charge in [0.2, 0.25) is 0 Å². The topological polar surface area (TPSA) is 118 Å². The Kier molecular flexibility index (Phi) is 6.06. The van der Waals surface area contributed by atoms with Crippen LogP contribution in [0.2, 0.25) is 0 Å². The molecule has 0 saturated carbocycles. The number of aromatic nitrogens is 1. The Balaban J connectivity index is 1.26. The molecule has 0 amide bonds. The normalized spacial score (nSPS) is 15.5. The standard InChI is InChI=1S/C25H25N5O5/c31-19(17-28-22-7-3-1-5-20(22)21-6-2-4-8-23(21)28)16-26-11-13-27(14-12-26)24-10-9-18(29(32)33)15-25(24)30(34)35/h1-10,15,19,31H,11-14,16-17H2/t19-/m1/s1. The maximum Gasteiger partial charge on any atom is 0.299 e. The van der Waals surface area contributed by atoms with E-state index in [1.54, 1.807) is 0 Å². The van der Waals surface area contributed by atoms with Crippen molar-refractivity contribution in [2.45, 2.75) is 12.6 Å². The number of para-hydroxylation sites is 2. The number of hydrogen-bond acceptors (Lipinski definition) is 7. The molecule has 10 heteroatoms. The molecule has 0 bridgehead atoms. The lowest BCUT2D eigenvalue weighted by Gasteiger charge is -2.36. The third-order valence-electron chi connectivity index (χ3n) is 6.62. The SMILES string of the molecule is O=[N+]([O-])c1ccc(N2CCN(C[C@@H](O)Cn3c4ccccc4c4ccccc43)CC2)c([N+](=O)[O-])c1. The molecule has 180 valence electrons. The average molecular weight is 476 g/mol. The van der Waals surface area contributed by atoms with Crippen molar-refractivity contribution in [3.8, 4) is 0 Å². The van der Waals surface area contributed by atoms with Gasteiger partial charge in [0, 0.05) is 60.6 Å². The molecule has 1 aliphatic rings. The zero-order valence-electron chi connectivity index (χ0n) is 19.0. The molecule has 1 atom stereocenters. The monoisotopic (exact) mass is 475 g/mol. The molecule has 1 N–H and O–H groups in total. The van der Waals surface area contributed by atoms with E-state index in [0.717, 1.165) is 27.9 Å². The average Bonchev–Trinajstić information content (AvgIpc) is 3.18. The number of nitro groups is 2. The number of nitrogens with zero attached hydrogens (tertiary/aromatic N) is 5. The lowest BCUT2D eigenvalue weighted by atomic mass is 10.2. The van der Waals surface area contributed by atoms with Crippen LogP contribution in [0.5, 0.6) is 0 Å². The van der Waals surface area contributed by atoms with E-state index >= 15 is 0 Å². The van der Waals surface area contributed by atoms with E-state index < -0.39 is 16.0 Å². The smallest absolute Gasteiger partial charge is 0.299 e. The maximum absolute atomic E-state index is 11.5. The van der Waals surface area contributed by atoms with Crippen LogP contribution in [0.3, 0.4) is 0 Å². The van der Waals surface area contributed by atoms with Crippen LogP contribution in [-0.2, 0) is 6.54 Å². The number of benzene rings is 3. The van der Waals surface area contributed by atoms with Gasteiger partial charge in [0.25, 0.3) is 11.4 Å². The van der Waals surface area contributed by atoms with E-state index in [1.807, 2.05) is 29.2 Å². The summed E-state index contributed by atoms with van der Waals surface area (Å²) in [5.74, 6) is 0. The van der Waals surface area contributed by atoms with Gasteiger partial charge in [-0.25, -0.2) is 0 Å². The third kappa shape index (κ3) is 4.41. The van der Waals surface area contributed by atoms with Gasteiger partial charge in [0.1, 0.15) is 5.69 Å². The Morgan fingerprint density at radius 2 is 1.40 bits per heavy atom. The number of aliphatic hydroxyl groups excluding tert-OH is 1. The summed E-state index contributed by atoms with van der Waals surface area (Å²) in [7, 11) is 0.